The Hall–Kier alpha value is -3.62. The van der Waals surface area contributed by atoms with E-state index in [1.807, 2.05) is 24.3 Å². The molecule has 1 aliphatic heterocycles. The maximum absolute atomic E-state index is 14.9. The molecule has 2 N–H and O–H groups in total. The Morgan fingerprint density at radius 3 is 2.42 bits per heavy atom. The number of carbonyl (C=O) groups is 1. The lowest BCUT2D eigenvalue weighted by Crippen LogP contribution is -2.41. The monoisotopic (exact) mass is 550 g/mol. The van der Waals surface area contributed by atoms with E-state index in [0.29, 0.717) is 5.75 Å². The number of nitrogens with zero attached hydrogens (tertiary/aromatic N) is 2. The van der Waals surface area contributed by atoms with Gasteiger partial charge in [0.15, 0.2) is 17.7 Å². The molecule has 40 heavy (non-hydrogen) atoms. The van der Waals surface area contributed by atoms with Crippen LogP contribution in [0.5, 0.6) is 11.5 Å². The number of piperidine rings is 1. The Bertz CT molecular complexity index is 1330. The third-order valence-corrected chi connectivity index (χ3v) is 7.23. The van der Waals surface area contributed by atoms with E-state index in [-0.39, 0.29) is 18.1 Å². The number of para-hydroxylation sites is 1. The first-order chi connectivity index (χ1) is 19.2. The van der Waals surface area contributed by atoms with Gasteiger partial charge in [-0.05, 0) is 61.9 Å². The van der Waals surface area contributed by atoms with Crippen molar-refractivity contribution in [3.63, 3.8) is 0 Å². The highest BCUT2D eigenvalue weighted by molar-refractivity contribution is 5.81. The molecule has 0 aliphatic carbocycles. The van der Waals surface area contributed by atoms with Gasteiger partial charge in [0.1, 0.15) is 5.75 Å². The number of aromatic nitrogens is 1. The van der Waals surface area contributed by atoms with Crippen LogP contribution in [0.1, 0.15) is 62.4 Å². The van der Waals surface area contributed by atoms with E-state index in [0.717, 1.165) is 54.0 Å². The van der Waals surface area contributed by atoms with Crippen LogP contribution in [-0.4, -0.2) is 53.3 Å². The van der Waals surface area contributed by atoms with Crippen molar-refractivity contribution >= 4 is 12.0 Å². The van der Waals surface area contributed by atoms with Gasteiger partial charge in [-0.2, -0.15) is 0 Å². The van der Waals surface area contributed by atoms with Crippen molar-refractivity contribution in [3.05, 3.63) is 77.4 Å². The molecule has 1 fully saturated rings. The van der Waals surface area contributed by atoms with E-state index >= 15 is 0 Å². The number of hydrogen-bond donors (Lipinski definition) is 2. The van der Waals surface area contributed by atoms with Gasteiger partial charge in [-0.15, -0.1) is 0 Å². The van der Waals surface area contributed by atoms with Gasteiger partial charge in [0, 0.05) is 36.3 Å². The van der Waals surface area contributed by atoms with Gasteiger partial charge >= 0.3 is 5.97 Å². The molecule has 2 heterocycles. The number of aliphatic hydroxyl groups is 2. The van der Waals surface area contributed by atoms with Crippen molar-refractivity contribution in [3.8, 4) is 22.6 Å². The highest BCUT2D eigenvalue weighted by Crippen LogP contribution is 2.40. The minimum Gasteiger partial charge on any atom is -0.467 e. The van der Waals surface area contributed by atoms with E-state index in [1.165, 1.54) is 19.6 Å². The van der Waals surface area contributed by atoms with Gasteiger partial charge in [0.25, 0.3) is 0 Å². The number of ether oxygens (including phenoxy) is 2. The van der Waals surface area contributed by atoms with Crippen LogP contribution in [0.2, 0.25) is 0 Å². The van der Waals surface area contributed by atoms with Crippen molar-refractivity contribution in [2.45, 2.75) is 64.6 Å². The number of halogens is 1. The largest absolute Gasteiger partial charge is 0.467 e. The van der Waals surface area contributed by atoms with Crippen molar-refractivity contribution in [2.75, 3.05) is 25.2 Å². The Morgan fingerprint density at radius 2 is 1.77 bits per heavy atom. The summed E-state index contributed by atoms with van der Waals surface area (Å²) in [5, 5.41) is 23.0. The van der Waals surface area contributed by atoms with Crippen LogP contribution in [0, 0.1) is 12.7 Å². The highest BCUT2D eigenvalue weighted by Gasteiger charge is 2.27. The smallest absolute Gasteiger partial charge is 0.334 e. The average Bonchev–Trinajstić information content (AvgIpc) is 3.25. The summed E-state index contributed by atoms with van der Waals surface area (Å²) in [7, 11) is 1.19. The number of methoxy groups -OCH3 is 1. The molecule has 2 unspecified atom stereocenters. The Labute approximate surface area is 235 Å². The molecule has 214 valence electrons. The standard InChI is InChI=1S/C32H39FN2O5/c1-21(2)31-26(15-14-24(36)20-28(37)32(38)39-4)30(22(3)35(31)34-17-9-6-10-18-34)23-13-16-27(33)29(19-23)40-25-11-7-5-8-12-25/h5,7-8,11-16,19,21,24,28,36-37H,6,9-10,17-18,20H2,1-4H3/b15-14+. The zero-order chi connectivity index (χ0) is 28.8. The maximum Gasteiger partial charge on any atom is 0.334 e. The zero-order valence-corrected chi connectivity index (χ0v) is 23.6. The summed E-state index contributed by atoms with van der Waals surface area (Å²) in [5.74, 6) is -0.464. The van der Waals surface area contributed by atoms with Gasteiger partial charge in [-0.25, -0.2) is 9.18 Å². The molecule has 0 radical (unpaired) electrons. The van der Waals surface area contributed by atoms with E-state index in [2.05, 4.69) is 35.2 Å². The molecular weight excluding hydrogens is 511 g/mol. The summed E-state index contributed by atoms with van der Waals surface area (Å²) in [6.45, 7) is 8.17. The molecule has 1 aromatic heterocycles. The zero-order valence-electron chi connectivity index (χ0n) is 23.6. The van der Waals surface area contributed by atoms with Crippen LogP contribution in [0.15, 0.2) is 54.6 Å². The fraction of sp³-hybridized carbons (Fsp3) is 0.406. The predicted molar refractivity (Wildman–Crippen MR) is 155 cm³/mol. The summed E-state index contributed by atoms with van der Waals surface area (Å²) >= 11 is 0. The Morgan fingerprint density at radius 1 is 1.07 bits per heavy atom. The molecule has 2 atom stereocenters. The van der Waals surface area contributed by atoms with Crippen LogP contribution in [0.3, 0.4) is 0 Å². The first kappa shape index (κ1) is 29.4. The molecule has 0 saturated carbocycles. The van der Waals surface area contributed by atoms with Gasteiger partial charge in [-0.3, -0.25) is 4.68 Å². The van der Waals surface area contributed by atoms with Crippen LogP contribution in [0.25, 0.3) is 17.2 Å². The van der Waals surface area contributed by atoms with Crippen LogP contribution in [-0.2, 0) is 9.53 Å². The van der Waals surface area contributed by atoms with Gasteiger partial charge < -0.3 is 24.7 Å². The third kappa shape index (κ3) is 6.57. The molecule has 0 amide bonds. The van der Waals surface area contributed by atoms with Crippen molar-refractivity contribution in [1.29, 1.82) is 0 Å². The quantitative estimate of drug-likeness (QED) is 0.304. The highest BCUT2D eigenvalue weighted by atomic mass is 19.1. The van der Waals surface area contributed by atoms with Crippen LogP contribution < -0.4 is 9.75 Å². The second-order valence-corrected chi connectivity index (χ2v) is 10.5. The number of benzene rings is 2. The summed E-state index contributed by atoms with van der Waals surface area (Å²) < 4.78 is 27.7. The summed E-state index contributed by atoms with van der Waals surface area (Å²) in [5.41, 5.74) is 4.66. The summed E-state index contributed by atoms with van der Waals surface area (Å²) in [6.07, 6.45) is 4.13. The van der Waals surface area contributed by atoms with Gasteiger partial charge in [0.2, 0.25) is 0 Å². The van der Waals surface area contributed by atoms with E-state index < -0.39 is 24.0 Å². The fourth-order valence-corrected chi connectivity index (χ4v) is 5.35. The second-order valence-electron chi connectivity index (χ2n) is 10.5. The number of hydrogen-bond acceptors (Lipinski definition) is 6. The van der Waals surface area contributed by atoms with Crippen molar-refractivity contribution in [2.24, 2.45) is 0 Å². The van der Waals surface area contributed by atoms with Gasteiger partial charge in [-0.1, -0.05) is 50.3 Å². The molecule has 2 aromatic carbocycles. The first-order valence-electron chi connectivity index (χ1n) is 13.9. The van der Waals surface area contributed by atoms with E-state index in [4.69, 9.17) is 4.74 Å². The lowest BCUT2D eigenvalue weighted by atomic mass is 9.96. The fourth-order valence-electron chi connectivity index (χ4n) is 5.35. The molecule has 3 aromatic rings. The predicted octanol–water partition coefficient (Wildman–Crippen LogP) is 5.94. The molecule has 0 spiro atoms. The Balaban J connectivity index is 1.82. The summed E-state index contributed by atoms with van der Waals surface area (Å²) in [6, 6.07) is 14.0. The molecular formula is C32H39FN2O5. The second kappa shape index (κ2) is 13.2. The third-order valence-electron chi connectivity index (χ3n) is 7.23. The first-order valence-corrected chi connectivity index (χ1v) is 13.9. The molecule has 7 nitrogen and oxygen atoms in total. The van der Waals surface area contributed by atoms with Gasteiger partial charge in [0.05, 0.1) is 18.9 Å². The number of rotatable bonds is 10. The van der Waals surface area contributed by atoms with E-state index in [1.54, 1.807) is 30.3 Å². The molecule has 1 aliphatic rings. The Kier molecular flexibility index (Phi) is 9.66. The van der Waals surface area contributed by atoms with E-state index in [9.17, 15) is 19.4 Å². The van der Waals surface area contributed by atoms with Crippen LogP contribution in [0.4, 0.5) is 4.39 Å². The minimum absolute atomic E-state index is 0.121. The summed E-state index contributed by atoms with van der Waals surface area (Å²) in [4.78, 5) is 11.7. The molecule has 1 saturated heterocycles. The maximum atomic E-state index is 14.9. The number of carbonyl (C=O) groups excluding carboxylic acids is 1. The molecule has 8 heteroatoms. The lowest BCUT2D eigenvalue weighted by Gasteiger charge is -2.33. The lowest BCUT2D eigenvalue weighted by molar-refractivity contribution is -0.151. The SMILES string of the molecule is COC(=O)C(O)CC(O)/C=C/c1c(-c2ccc(F)c(Oc3ccccc3)c2)c(C)n(N2CCCCC2)c1C(C)C. The molecule has 4 rings (SSSR count). The van der Waals surface area contributed by atoms with Crippen molar-refractivity contribution in [1.82, 2.24) is 4.68 Å². The normalized spacial score (nSPS) is 15.4. The number of esters is 1. The average molecular weight is 551 g/mol. The van der Waals surface area contributed by atoms with Crippen molar-refractivity contribution < 1.29 is 28.9 Å². The van der Waals surface area contributed by atoms with Crippen LogP contribution >= 0.6 is 0 Å². The minimum atomic E-state index is -1.43. The topological polar surface area (TPSA) is 84.2 Å². The number of aliphatic hydroxyl groups excluding tert-OH is 2. The molecule has 0 bridgehead atoms.